The Morgan fingerprint density at radius 3 is 2.87 bits per heavy atom. The first-order chi connectivity index (χ1) is 11.1. The maximum atomic E-state index is 12.0. The fraction of sp³-hybridized carbons (Fsp3) is 0.286. The lowest BCUT2D eigenvalue weighted by Crippen LogP contribution is -2.25. The molecule has 1 heterocycles. The van der Waals surface area contributed by atoms with Crippen molar-refractivity contribution >= 4 is 55.8 Å². The van der Waals surface area contributed by atoms with Crippen molar-refractivity contribution in [3.63, 3.8) is 0 Å². The lowest BCUT2D eigenvalue weighted by Gasteiger charge is -2.04. The highest BCUT2D eigenvalue weighted by atomic mass is 79.9. The molecule has 23 heavy (non-hydrogen) atoms. The van der Waals surface area contributed by atoms with Gasteiger partial charge >= 0.3 is 0 Å². The summed E-state index contributed by atoms with van der Waals surface area (Å²) < 4.78 is 0.853. The van der Waals surface area contributed by atoms with Gasteiger partial charge < -0.3 is 10.6 Å². The molecule has 0 saturated carbocycles. The Kier molecular flexibility index (Phi) is 6.94. The van der Waals surface area contributed by atoms with Gasteiger partial charge in [-0.3, -0.25) is 9.59 Å². The summed E-state index contributed by atoms with van der Waals surface area (Å²) in [5.74, 6) is -0.0730. The van der Waals surface area contributed by atoms with E-state index in [1.807, 2.05) is 6.07 Å². The third-order valence-electron chi connectivity index (χ3n) is 2.75. The number of aromatic nitrogens is 2. The molecule has 0 aliphatic heterocycles. The maximum absolute atomic E-state index is 12.0. The molecule has 0 saturated heterocycles. The highest BCUT2D eigenvalue weighted by molar-refractivity contribution is 9.10. The van der Waals surface area contributed by atoms with E-state index in [0.29, 0.717) is 23.7 Å². The molecule has 0 radical (unpaired) electrons. The quantitative estimate of drug-likeness (QED) is 0.679. The second-order valence-electron chi connectivity index (χ2n) is 4.50. The lowest BCUT2D eigenvalue weighted by atomic mass is 10.2. The second kappa shape index (κ2) is 8.95. The first kappa shape index (κ1) is 17.8. The van der Waals surface area contributed by atoms with Gasteiger partial charge in [0.05, 0.1) is 0 Å². The molecular weight excluding hydrogens is 404 g/mol. The van der Waals surface area contributed by atoms with Gasteiger partial charge in [-0.1, -0.05) is 33.3 Å². The van der Waals surface area contributed by atoms with Gasteiger partial charge in [0.1, 0.15) is 5.01 Å². The van der Waals surface area contributed by atoms with Gasteiger partial charge in [0.15, 0.2) is 0 Å². The number of nitrogens with zero attached hydrogens (tertiary/aromatic N) is 2. The summed E-state index contributed by atoms with van der Waals surface area (Å²) in [6.45, 7) is 0.440. The average molecular weight is 418 g/mol. The Hall–Kier alpha value is -1.51. The average Bonchev–Trinajstić information content (AvgIpc) is 2.94. The molecule has 0 unspecified atom stereocenters. The van der Waals surface area contributed by atoms with Crippen LogP contribution in [0.15, 0.2) is 28.7 Å². The lowest BCUT2D eigenvalue weighted by molar-refractivity contribution is -0.115. The number of halogens is 2. The van der Waals surface area contributed by atoms with E-state index in [1.54, 1.807) is 18.2 Å². The van der Waals surface area contributed by atoms with Crippen molar-refractivity contribution in [1.82, 2.24) is 15.5 Å². The molecule has 1 aromatic carbocycles. The molecule has 1 aromatic heterocycles. The van der Waals surface area contributed by atoms with Crippen LogP contribution >= 0.6 is 38.9 Å². The zero-order chi connectivity index (χ0) is 16.7. The van der Waals surface area contributed by atoms with E-state index in [4.69, 9.17) is 11.6 Å². The van der Waals surface area contributed by atoms with Gasteiger partial charge in [0.2, 0.25) is 11.0 Å². The van der Waals surface area contributed by atoms with E-state index in [2.05, 4.69) is 36.8 Å². The van der Waals surface area contributed by atoms with Crippen molar-refractivity contribution in [3.8, 4) is 0 Å². The first-order valence-corrected chi connectivity index (χ1v) is 8.95. The molecule has 0 aliphatic carbocycles. The molecule has 0 fully saturated rings. The van der Waals surface area contributed by atoms with E-state index >= 15 is 0 Å². The van der Waals surface area contributed by atoms with E-state index < -0.39 is 0 Å². The van der Waals surface area contributed by atoms with Gasteiger partial charge in [-0.15, -0.1) is 21.8 Å². The smallest absolute Gasteiger partial charge is 0.251 e. The Labute approximate surface area is 150 Å². The molecular formula is C14H14BrClN4O2S. The Morgan fingerprint density at radius 1 is 1.30 bits per heavy atom. The first-order valence-electron chi connectivity index (χ1n) is 6.80. The van der Waals surface area contributed by atoms with Gasteiger partial charge in [0, 0.05) is 35.3 Å². The highest BCUT2D eigenvalue weighted by Crippen LogP contribution is 2.16. The summed E-state index contributed by atoms with van der Waals surface area (Å²) in [6, 6.07) is 7.16. The summed E-state index contributed by atoms with van der Waals surface area (Å²) in [5, 5.41) is 14.5. The number of anilines is 1. The molecule has 0 spiro atoms. The summed E-state index contributed by atoms with van der Waals surface area (Å²) in [6.07, 6.45) is 0.780. The van der Waals surface area contributed by atoms with Crippen LogP contribution < -0.4 is 10.6 Å². The number of carbonyl (C=O) groups is 2. The van der Waals surface area contributed by atoms with Crippen molar-refractivity contribution in [2.24, 2.45) is 0 Å². The predicted molar refractivity (Wildman–Crippen MR) is 94.1 cm³/mol. The predicted octanol–water partition coefficient (Wildman–Crippen LogP) is 2.84. The van der Waals surface area contributed by atoms with Crippen molar-refractivity contribution < 1.29 is 9.59 Å². The molecule has 0 atom stereocenters. The van der Waals surface area contributed by atoms with Crippen LogP contribution in [0.3, 0.4) is 0 Å². The molecule has 2 rings (SSSR count). The maximum Gasteiger partial charge on any atom is 0.251 e. The van der Waals surface area contributed by atoms with Crippen LogP contribution in [0.4, 0.5) is 5.13 Å². The minimum atomic E-state index is -0.189. The normalized spacial score (nSPS) is 10.3. The van der Waals surface area contributed by atoms with E-state index in [1.165, 1.54) is 11.3 Å². The minimum absolute atomic E-state index is 0.147. The van der Waals surface area contributed by atoms with Crippen molar-refractivity contribution in [1.29, 1.82) is 0 Å². The largest absolute Gasteiger partial charge is 0.352 e. The zero-order valence-corrected chi connectivity index (χ0v) is 15.2. The molecule has 9 heteroatoms. The molecule has 2 N–H and O–H groups in total. The van der Waals surface area contributed by atoms with E-state index in [0.717, 1.165) is 9.48 Å². The number of nitrogens with one attached hydrogen (secondary N) is 2. The Morgan fingerprint density at radius 2 is 2.13 bits per heavy atom. The van der Waals surface area contributed by atoms with Gasteiger partial charge in [-0.2, -0.15) is 0 Å². The summed E-state index contributed by atoms with van der Waals surface area (Å²) in [4.78, 5) is 23.4. The number of hydrogen-bond acceptors (Lipinski definition) is 5. The molecule has 0 aliphatic rings. The van der Waals surface area contributed by atoms with Crippen LogP contribution in [0.2, 0.25) is 0 Å². The molecule has 0 bridgehead atoms. The van der Waals surface area contributed by atoms with E-state index in [9.17, 15) is 9.59 Å². The van der Waals surface area contributed by atoms with Crippen LogP contribution in [-0.2, 0) is 11.2 Å². The van der Waals surface area contributed by atoms with E-state index in [-0.39, 0.29) is 24.1 Å². The van der Waals surface area contributed by atoms with Crippen molar-refractivity contribution in [3.05, 3.63) is 39.3 Å². The zero-order valence-electron chi connectivity index (χ0n) is 12.0. The monoisotopic (exact) mass is 416 g/mol. The number of hydrogen-bond donors (Lipinski definition) is 2. The molecule has 6 nitrogen and oxygen atoms in total. The number of carbonyl (C=O) groups excluding carboxylic acids is 2. The second-order valence-corrected chi connectivity index (χ2v) is 6.86. The fourth-order valence-corrected chi connectivity index (χ4v) is 3.01. The SMILES string of the molecule is O=C(CCCl)Nc1nnc(CCNC(=O)c2cccc(Br)c2)s1. The van der Waals surface area contributed by atoms with Gasteiger partial charge in [-0.25, -0.2) is 0 Å². The number of alkyl halides is 1. The minimum Gasteiger partial charge on any atom is -0.352 e. The van der Waals surface area contributed by atoms with Crippen LogP contribution in [-0.4, -0.2) is 34.4 Å². The Balaban J connectivity index is 1.79. The third kappa shape index (κ3) is 5.89. The standard InChI is InChI=1S/C14H14BrClN4O2S/c15-10-3-1-2-9(8-10)13(22)17-7-5-12-19-20-14(23-12)18-11(21)4-6-16/h1-3,8H,4-7H2,(H,17,22)(H,18,20,21). The van der Waals surface area contributed by atoms with Crippen LogP contribution in [0.25, 0.3) is 0 Å². The highest BCUT2D eigenvalue weighted by Gasteiger charge is 2.09. The topological polar surface area (TPSA) is 84.0 Å². The number of benzene rings is 1. The Bertz CT molecular complexity index is 695. The van der Waals surface area contributed by atoms with Crippen molar-refractivity contribution in [2.75, 3.05) is 17.7 Å². The summed E-state index contributed by atoms with van der Waals surface area (Å²) in [7, 11) is 0. The molecule has 2 amide bonds. The summed E-state index contributed by atoms with van der Waals surface area (Å²) >= 11 is 10.1. The fourth-order valence-electron chi connectivity index (χ4n) is 1.69. The number of amides is 2. The molecule has 2 aromatic rings. The van der Waals surface area contributed by atoms with Crippen LogP contribution in [0, 0.1) is 0 Å². The van der Waals surface area contributed by atoms with Crippen molar-refractivity contribution in [2.45, 2.75) is 12.8 Å². The summed E-state index contributed by atoms with van der Waals surface area (Å²) in [5.41, 5.74) is 0.589. The number of rotatable bonds is 7. The van der Waals surface area contributed by atoms with Crippen LogP contribution in [0.5, 0.6) is 0 Å². The molecule has 122 valence electrons. The van der Waals surface area contributed by atoms with Gasteiger partial charge in [0.25, 0.3) is 5.91 Å². The third-order valence-corrected chi connectivity index (χ3v) is 4.33. The van der Waals surface area contributed by atoms with Gasteiger partial charge in [-0.05, 0) is 18.2 Å². The van der Waals surface area contributed by atoms with Crippen LogP contribution in [0.1, 0.15) is 21.8 Å².